The normalized spacial score (nSPS) is 15.0. The Bertz CT molecular complexity index is 1150. The Morgan fingerprint density at radius 3 is 2.55 bits per heavy atom. The van der Waals surface area contributed by atoms with Crippen LogP contribution < -0.4 is 10.2 Å². The first kappa shape index (κ1) is 19.0. The van der Waals surface area contributed by atoms with E-state index < -0.39 is 11.4 Å². The van der Waals surface area contributed by atoms with Gasteiger partial charge in [-0.05, 0) is 54.7 Å². The van der Waals surface area contributed by atoms with E-state index >= 15 is 0 Å². The summed E-state index contributed by atoms with van der Waals surface area (Å²) in [7, 11) is 0. The molecule has 1 aliphatic rings. The highest BCUT2D eigenvalue weighted by Gasteiger charge is 2.28. The van der Waals surface area contributed by atoms with E-state index in [2.05, 4.69) is 13.8 Å². The molecule has 148 valence electrons. The molecule has 2 aromatic carbocycles. The average Bonchev–Trinajstić information content (AvgIpc) is 2.68. The Kier molecular flexibility index (Phi) is 4.74. The van der Waals surface area contributed by atoms with Gasteiger partial charge in [-0.2, -0.15) is 0 Å². The molecule has 0 saturated heterocycles. The molecule has 0 spiro atoms. The molecule has 3 aromatic rings. The maximum atomic E-state index is 12.4. The zero-order chi connectivity index (χ0) is 20.7. The van der Waals surface area contributed by atoms with Gasteiger partial charge in [0.15, 0.2) is 5.43 Å². The standard InChI is InChI=1S/C24H23NO4/c1-14(2)20-10-16-11-23(29-17-7-5-4-6-8-17)15(3)9-18(16)21-12-22(26)19(24(27)28)13-25(20)21/h4-9,11-14,20H,10H2,1-3H3,(H,27,28). The minimum absolute atomic E-state index is 0.0588. The van der Waals surface area contributed by atoms with Crippen molar-refractivity contribution in [3.05, 3.63) is 81.6 Å². The average molecular weight is 389 g/mol. The highest BCUT2D eigenvalue weighted by molar-refractivity contribution is 5.87. The van der Waals surface area contributed by atoms with E-state index in [-0.39, 0.29) is 17.5 Å². The van der Waals surface area contributed by atoms with Crippen molar-refractivity contribution in [2.24, 2.45) is 5.92 Å². The Hall–Kier alpha value is -3.34. The fraction of sp³-hybridized carbons (Fsp3) is 0.250. The lowest BCUT2D eigenvalue weighted by Crippen LogP contribution is -2.28. The van der Waals surface area contributed by atoms with Crippen molar-refractivity contribution in [1.29, 1.82) is 0 Å². The first-order valence-corrected chi connectivity index (χ1v) is 9.71. The molecule has 0 bridgehead atoms. The van der Waals surface area contributed by atoms with E-state index in [4.69, 9.17) is 4.74 Å². The summed E-state index contributed by atoms with van der Waals surface area (Å²) in [5.74, 6) is 0.636. The number of hydrogen-bond donors (Lipinski definition) is 1. The monoisotopic (exact) mass is 389 g/mol. The lowest BCUT2D eigenvalue weighted by molar-refractivity contribution is 0.0694. The summed E-state index contributed by atoms with van der Waals surface area (Å²) in [6.45, 7) is 6.18. The number of carboxylic acid groups (broad SMARTS) is 1. The van der Waals surface area contributed by atoms with E-state index in [1.165, 1.54) is 12.3 Å². The van der Waals surface area contributed by atoms with Crippen LogP contribution in [0.15, 0.2) is 59.5 Å². The maximum Gasteiger partial charge on any atom is 0.341 e. The Morgan fingerprint density at radius 1 is 1.17 bits per heavy atom. The quantitative estimate of drug-likeness (QED) is 0.677. The van der Waals surface area contributed by atoms with E-state index in [9.17, 15) is 14.7 Å². The molecule has 1 aromatic heterocycles. The van der Waals surface area contributed by atoms with Crippen molar-refractivity contribution < 1.29 is 14.6 Å². The van der Waals surface area contributed by atoms with Crippen LogP contribution in [0.1, 0.15) is 41.4 Å². The fourth-order valence-corrected chi connectivity index (χ4v) is 3.94. The molecule has 0 saturated carbocycles. The van der Waals surface area contributed by atoms with Crippen molar-refractivity contribution in [2.45, 2.75) is 33.2 Å². The molecule has 1 N–H and O–H groups in total. The molecule has 5 heteroatoms. The Morgan fingerprint density at radius 2 is 1.90 bits per heavy atom. The largest absolute Gasteiger partial charge is 0.477 e. The van der Waals surface area contributed by atoms with Crippen LogP contribution in [0.3, 0.4) is 0 Å². The molecule has 29 heavy (non-hydrogen) atoms. The van der Waals surface area contributed by atoms with Gasteiger partial charge in [0.25, 0.3) is 0 Å². The number of carbonyl (C=O) groups is 1. The van der Waals surface area contributed by atoms with Crippen LogP contribution in [-0.4, -0.2) is 15.6 Å². The SMILES string of the molecule is Cc1cc2c(cc1Oc1ccccc1)CC(C(C)C)n1cc(C(=O)O)c(=O)cc1-2. The summed E-state index contributed by atoms with van der Waals surface area (Å²) < 4.78 is 8.04. The number of aromatic carboxylic acids is 1. The third kappa shape index (κ3) is 3.44. The molecule has 0 radical (unpaired) electrons. The van der Waals surface area contributed by atoms with Gasteiger partial charge in [0, 0.05) is 23.9 Å². The molecule has 1 atom stereocenters. The van der Waals surface area contributed by atoms with Crippen molar-refractivity contribution in [1.82, 2.24) is 4.57 Å². The molecule has 2 heterocycles. The topological polar surface area (TPSA) is 68.5 Å². The van der Waals surface area contributed by atoms with Gasteiger partial charge in [0.05, 0.1) is 5.69 Å². The first-order chi connectivity index (χ1) is 13.8. The van der Waals surface area contributed by atoms with Crippen LogP contribution in [-0.2, 0) is 6.42 Å². The molecule has 0 aliphatic carbocycles. The van der Waals surface area contributed by atoms with Gasteiger partial charge in [-0.15, -0.1) is 0 Å². The maximum absolute atomic E-state index is 12.4. The highest BCUT2D eigenvalue weighted by atomic mass is 16.5. The van der Waals surface area contributed by atoms with Gasteiger partial charge in [0.1, 0.15) is 17.1 Å². The molecule has 5 nitrogen and oxygen atoms in total. The van der Waals surface area contributed by atoms with E-state index in [1.807, 2.05) is 54.0 Å². The number of aryl methyl sites for hydroxylation is 1. The number of fused-ring (bicyclic) bond motifs is 3. The molecule has 1 unspecified atom stereocenters. The van der Waals surface area contributed by atoms with Gasteiger partial charge in [0.2, 0.25) is 0 Å². The molecular weight excluding hydrogens is 366 g/mol. The molecular formula is C24H23NO4. The number of rotatable bonds is 4. The summed E-state index contributed by atoms with van der Waals surface area (Å²) in [5, 5.41) is 9.38. The molecule has 1 aliphatic heterocycles. The predicted molar refractivity (Wildman–Crippen MR) is 112 cm³/mol. The van der Waals surface area contributed by atoms with E-state index in [1.54, 1.807) is 0 Å². The number of benzene rings is 2. The van der Waals surface area contributed by atoms with Crippen LogP contribution in [0, 0.1) is 12.8 Å². The van der Waals surface area contributed by atoms with Crippen LogP contribution in [0.4, 0.5) is 0 Å². The molecule has 0 amide bonds. The lowest BCUT2D eigenvalue weighted by atomic mass is 9.86. The third-order valence-corrected chi connectivity index (χ3v) is 5.51. The van der Waals surface area contributed by atoms with Gasteiger partial charge in [-0.3, -0.25) is 4.79 Å². The Balaban J connectivity index is 1.86. The number of nitrogens with zero attached hydrogens (tertiary/aromatic N) is 1. The van der Waals surface area contributed by atoms with E-state index in [0.717, 1.165) is 40.3 Å². The summed E-state index contributed by atoms with van der Waals surface area (Å²) in [4.78, 5) is 23.9. The van der Waals surface area contributed by atoms with Gasteiger partial charge < -0.3 is 14.4 Å². The minimum atomic E-state index is -1.19. The third-order valence-electron chi connectivity index (χ3n) is 5.51. The van der Waals surface area contributed by atoms with Crippen LogP contribution in [0.5, 0.6) is 11.5 Å². The second-order valence-electron chi connectivity index (χ2n) is 7.85. The van der Waals surface area contributed by atoms with Gasteiger partial charge in [-0.1, -0.05) is 32.0 Å². The lowest BCUT2D eigenvalue weighted by Gasteiger charge is -2.33. The number of hydrogen-bond acceptors (Lipinski definition) is 3. The smallest absolute Gasteiger partial charge is 0.341 e. The summed E-state index contributed by atoms with van der Waals surface area (Å²) in [6.07, 6.45) is 2.24. The first-order valence-electron chi connectivity index (χ1n) is 9.71. The predicted octanol–water partition coefficient (Wildman–Crippen LogP) is 5.07. The number of aromatic nitrogens is 1. The van der Waals surface area contributed by atoms with Crippen LogP contribution in [0.2, 0.25) is 0 Å². The highest BCUT2D eigenvalue weighted by Crippen LogP contribution is 2.40. The minimum Gasteiger partial charge on any atom is -0.477 e. The van der Waals surface area contributed by atoms with Crippen LogP contribution in [0.25, 0.3) is 11.3 Å². The summed E-state index contributed by atoms with van der Waals surface area (Å²) in [5.41, 5.74) is 3.10. The van der Waals surface area contributed by atoms with E-state index in [0.29, 0.717) is 0 Å². The van der Waals surface area contributed by atoms with Crippen molar-refractivity contribution in [3.63, 3.8) is 0 Å². The molecule has 0 fully saturated rings. The van der Waals surface area contributed by atoms with Crippen molar-refractivity contribution in [2.75, 3.05) is 0 Å². The van der Waals surface area contributed by atoms with Gasteiger partial charge >= 0.3 is 5.97 Å². The zero-order valence-corrected chi connectivity index (χ0v) is 16.7. The summed E-state index contributed by atoms with van der Waals surface area (Å²) in [6, 6.07) is 15.2. The Labute approximate surface area is 169 Å². The summed E-state index contributed by atoms with van der Waals surface area (Å²) >= 11 is 0. The number of carboxylic acids is 1. The number of para-hydroxylation sites is 1. The van der Waals surface area contributed by atoms with Crippen molar-refractivity contribution >= 4 is 5.97 Å². The second kappa shape index (κ2) is 7.24. The fourth-order valence-electron chi connectivity index (χ4n) is 3.94. The van der Waals surface area contributed by atoms with Crippen molar-refractivity contribution in [3.8, 4) is 22.8 Å². The molecule has 4 rings (SSSR count). The van der Waals surface area contributed by atoms with Crippen LogP contribution >= 0.6 is 0 Å². The zero-order valence-electron chi connectivity index (χ0n) is 16.7. The number of ether oxygens (including phenoxy) is 1. The van der Waals surface area contributed by atoms with Gasteiger partial charge in [-0.25, -0.2) is 4.79 Å². The second-order valence-corrected chi connectivity index (χ2v) is 7.85. The number of pyridine rings is 1.